The Morgan fingerprint density at radius 3 is 1.57 bits per heavy atom. The van der Waals surface area contributed by atoms with Crippen LogP contribution in [0, 0.1) is 0 Å². The first-order valence-corrected chi connectivity index (χ1v) is 16.8. The van der Waals surface area contributed by atoms with Crippen molar-refractivity contribution in [3.05, 3.63) is 152 Å². The van der Waals surface area contributed by atoms with Crippen LogP contribution >= 0.6 is 0 Å². The average Bonchev–Trinajstić information content (AvgIpc) is 3.88. The van der Waals surface area contributed by atoms with Gasteiger partial charge in [-0.2, -0.15) is 0 Å². The maximum Gasteiger partial charge on any atom is 0.164 e. The van der Waals surface area contributed by atoms with Crippen molar-refractivity contribution < 1.29 is 13.3 Å². The van der Waals surface area contributed by atoms with Gasteiger partial charge in [0, 0.05) is 54.6 Å². The number of para-hydroxylation sites is 3. The largest absolute Gasteiger partial charge is 0.456 e. The summed E-state index contributed by atoms with van der Waals surface area (Å²) in [5, 5.41) is 6.34. The Bertz CT molecular complexity index is 3150. The van der Waals surface area contributed by atoms with Gasteiger partial charge in [0.05, 0.1) is 0 Å². The summed E-state index contributed by atoms with van der Waals surface area (Å²) in [5.74, 6) is 1.75. The summed E-state index contributed by atoms with van der Waals surface area (Å²) in [5.41, 5.74) is 9.75. The van der Waals surface area contributed by atoms with E-state index in [2.05, 4.69) is 60.7 Å². The minimum atomic E-state index is 0.565. The summed E-state index contributed by atoms with van der Waals surface area (Å²) < 4.78 is 18.9. The zero-order valence-corrected chi connectivity index (χ0v) is 27.0. The zero-order valence-electron chi connectivity index (χ0n) is 27.0. The van der Waals surface area contributed by atoms with Gasteiger partial charge in [-0.25, -0.2) is 15.0 Å². The Kier molecular flexibility index (Phi) is 5.86. The van der Waals surface area contributed by atoms with E-state index in [0.717, 1.165) is 93.6 Å². The molecule has 0 aliphatic rings. The molecule has 238 valence electrons. The van der Waals surface area contributed by atoms with Gasteiger partial charge in [0.15, 0.2) is 17.5 Å². The molecule has 11 rings (SSSR count). The highest BCUT2D eigenvalue weighted by Crippen LogP contribution is 2.39. The van der Waals surface area contributed by atoms with Crippen molar-refractivity contribution in [3.63, 3.8) is 0 Å². The number of aromatic nitrogens is 3. The first kappa shape index (κ1) is 27.9. The van der Waals surface area contributed by atoms with Crippen LogP contribution in [0.25, 0.3) is 111 Å². The van der Waals surface area contributed by atoms with Crippen molar-refractivity contribution in [1.29, 1.82) is 0 Å². The van der Waals surface area contributed by atoms with Gasteiger partial charge in [0.2, 0.25) is 0 Å². The number of fused-ring (bicyclic) bond motifs is 9. The third kappa shape index (κ3) is 4.40. The number of nitrogens with zero attached hydrogens (tertiary/aromatic N) is 3. The van der Waals surface area contributed by atoms with Gasteiger partial charge in [-0.15, -0.1) is 0 Å². The summed E-state index contributed by atoms with van der Waals surface area (Å²) in [6, 6.07) is 51.1. The molecule has 0 saturated heterocycles. The van der Waals surface area contributed by atoms with E-state index in [9.17, 15) is 0 Å². The van der Waals surface area contributed by atoms with Gasteiger partial charge < -0.3 is 13.3 Å². The Balaban J connectivity index is 1.05. The molecule has 0 radical (unpaired) electrons. The SMILES string of the molecule is c1ccc(-c2nc(-c3ccc4c(c3)oc3ccc(-c5cccc6c5oc5ccccc56)cc34)nc(-c3ccc4oc5ccccc5c4c3)n2)cc1. The third-order valence-electron chi connectivity index (χ3n) is 9.75. The molecule has 0 spiro atoms. The van der Waals surface area contributed by atoms with Crippen molar-refractivity contribution in [3.8, 4) is 45.3 Å². The number of benzene rings is 7. The monoisotopic (exact) mass is 655 g/mol. The van der Waals surface area contributed by atoms with Gasteiger partial charge >= 0.3 is 0 Å². The fourth-order valence-corrected chi connectivity index (χ4v) is 7.27. The number of hydrogen-bond acceptors (Lipinski definition) is 6. The second kappa shape index (κ2) is 10.7. The molecule has 0 unspecified atom stereocenters. The molecule has 0 aliphatic carbocycles. The van der Waals surface area contributed by atoms with Crippen LogP contribution in [0.5, 0.6) is 0 Å². The second-order valence-corrected chi connectivity index (χ2v) is 12.8. The lowest BCUT2D eigenvalue weighted by atomic mass is 10.00. The van der Waals surface area contributed by atoms with E-state index >= 15 is 0 Å². The van der Waals surface area contributed by atoms with E-state index in [-0.39, 0.29) is 0 Å². The molecule has 0 atom stereocenters. The van der Waals surface area contributed by atoms with Crippen LogP contribution in [0.4, 0.5) is 0 Å². The van der Waals surface area contributed by atoms with E-state index in [0.29, 0.717) is 17.5 Å². The molecule has 0 fully saturated rings. The van der Waals surface area contributed by atoms with Gasteiger partial charge in [0.1, 0.15) is 33.5 Å². The van der Waals surface area contributed by atoms with E-state index in [1.807, 2.05) is 91.0 Å². The van der Waals surface area contributed by atoms with E-state index in [1.54, 1.807) is 0 Å². The molecule has 11 aromatic rings. The lowest BCUT2D eigenvalue weighted by Gasteiger charge is -2.08. The summed E-state index contributed by atoms with van der Waals surface area (Å²) in [7, 11) is 0. The van der Waals surface area contributed by atoms with Crippen molar-refractivity contribution in [2.24, 2.45) is 0 Å². The molecule has 0 aliphatic heterocycles. The quantitative estimate of drug-likeness (QED) is 0.188. The van der Waals surface area contributed by atoms with Crippen molar-refractivity contribution in [2.75, 3.05) is 0 Å². The van der Waals surface area contributed by atoms with E-state index in [1.165, 1.54) is 0 Å². The summed E-state index contributed by atoms with van der Waals surface area (Å²) in [6.45, 7) is 0. The zero-order chi connectivity index (χ0) is 33.5. The highest BCUT2D eigenvalue weighted by molar-refractivity contribution is 6.12. The molecular weight excluding hydrogens is 631 g/mol. The van der Waals surface area contributed by atoms with Gasteiger partial charge in [0.25, 0.3) is 0 Å². The molecule has 0 saturated carbocycles. The molecular formula is C45H25N3O3. The predicted octanol–water partition coefficient (Wildman–Crippen LogP) is 12.2. The molecule has 51 heavy (non-hydrogen) atoms. The van der Waals surface area contributed by atoms with Gasteiger partial charge in [-0.1, -0.05) is 97.1 Å². The standard InChI is InChI=1S/C45H25N3O3/c1-2-9-26(10-3-1)43-46-44(28-19-22-39-36(24-28)32-12-5-6-15-37(32)49-39)48-45(47-43)29-17-20-33-35-23-27(18-21-40(35)50-41(33)25-29)30-13-8-14-34-31-11-4-7-16-38(31)51-42(30)34/h1-25H. The summed E-state index contributed by atoms with van der Waals surface area (Å²) in [4.78, 5) is 15.0. The molecule has 4 aromatic heterocycles. The minimum absolute atomic E-state index is 0.565. The van der Waals surface area contributed by atoms with Crippen LogP contribution in [0.1, 0.15) is 0 Å². The molecule has 7 aromatic carbocycles. The first-order valence-electron chi connectivity index (χ1n) is 16.8. The van der Waals surface area contributed by atoms with Gasteiger partial charge in [-0.05, 0) is 60.2 Å². The summed E-state index contributed by atoms with van der Waals surface area (Å²) >= 11 is 0. The molecule has 6 heteroatoms. The number of furan rings is 3. The fourth-order valence-electron chi connectivity index (χ4n) is 7.27. The summed E-state index contributed by atoms with van der Waals surface area (Å²) in [6.07, 6.45) is 0. The van der Waals surface area contributed by atoms with Crippen LogP contribution in [0.15, 0.2) is 165 Å². The van der Waals surface area contributed by atoms with Crippen LogP contribution in [-0.4, -0.2) is 15.0 Å². The topological polar surface area (TPSA) is 78.1 Å². The van der Waals surface area contributed by atoms with Crippen LogP contribution in [0.3, 0.4) is 0 Å². The average molecular weight is 656 g/mol. The van der Waals surface area contributed by atoms with Crippen LogP contribution in [-0.2, 0) is 0 Å². The third-order valence-corrected chi connectivity index (χ3v) is 9.75. The lowest BCUT2D eigenvalue weighted by Crippen LogP contribution is -2.00. The highest BCUT2D eigenvalue weighted by Gasteiger charge is 2.18. The molecule has 0 amide bonds. The predicted molar refractivity (Wildman–Crippen MR) is 203 cm³/mol. The maximum atomic E-state index is 6.45. The smallest absolute Gasteiger partial charge is 0.164 e. The highest BCUT2D eigenvalue weighted by atomic mass is 16.3. The Labute approximate surface area is 290 Å². The van der Waals surface area contributed by atoms with Gasteiger partial charge in [-0.3, -0.25) is 0 Å². The molecule has 6 nitrogen and oxygen atoms in total. The van der Waals surface area contributed by atoms with Crippen molar-refractivity contribution in [2.45, 2.75) is 0 Å². The second-order valence-electron chi connectivity index (χ2n) is 12.8. The molecule has 0 N–H and O–H groups in total. The van der Waals surface area contributed by atoms with E-state index < -0.39 is 0 Å². The van der Waals surface area contributed by atoms with E-state index in [4.69, 9.17) is 28.2 Å². The Hall–Kier alpha value is -7.05. The maximum absolute atomic E-state index is 6.45. The fraction of sp³-hybridized carbons (Fsp3) is 0. The Morgan fingerprint density at radius 2 is 0.804 bits per heavy atom. The normalized spacial score (nSPS) is 11.9. The van der Waals surface area contributed by atoms with Crippen molar-refractivity contribution in [1.82, 2.24) is 15.0 Å². The minimum Gasteiger partial charge on any atom is -0.456 e. The van der Waals surface area contributed by atoms with Crippen LogP contribution in [0.2, 0.25) is 0 Å². The molecule has 0 bridgehead atoms. The van der Waals surface area contributed by atoms with Crippen LogP contribution < -0.4 is 0 Å². The molecule has 4 heterocycles. The number of rotatable bonds is 4. The Morgan fingerprint density at radius 1 is 0.294 bits per heavy atom. The number of hydrogen-bond donors (Lipinski definition) is 0. The van der Waals surface area contributed by atoms with Crippen molar-refractivity contribution >= 4 is 65.8 Å². The lowest BCUT2D eigenvalue weighted by molar-refractivity contribution is 0.668. The first-order chi connectivity index (χ1) is 25.2.